The smallest absolute Gasteiger partial charge is 0.128 e. The third-order valence-corrected chi connectivity index (χ3v) is 3.78. The molecule has 1 aliphatic rings. The van der Waals surface area contributed by atoms with Crippen LogP contribution < -0.4 is 5.73 Å². The summed E-state index contributed by atoms with van der Waals surface area (Å²) in [6, 6.07) is 5.01. The zero-order chi connectivity index (χ0) is 13.0. The van der Waals surface area contributed by atoms with Gasteiger partial charge in [0.2, 0.25) is 0 Å². The van der Waals surface area contributed by atoms with Crippen molar-refractivity contribution in [1.29, 1.82) is 0 Å². The number of benzene rings is 1. The molecule has 0 radical (unpaired) electrons. The summed E-state index contributed by atoms with van der Waals surface area (Å²) in [6.45, 7) is 3.08. The molecule has 0 heterocycles. The van der Waals surface area contributed by atoms with Crippen LogP contribution in [-0.2, 0) is 17.9 Å². The summed E-state index contributed by atoms with van der Waals surface area (Å²) in [7, 11) is 0. The van der Waals surface area contributed by atoms with Crippen LogP contribution in [0.5, 0.6) is 0 Å². The molecule has 1 saturated carbocycles. The Labute approximate surface area is 108 Å². The van der Waals surface area contributed by atoms with Gasteiger partial charge in [0, 0.05) is 12.1 Å². The second kappa shape index (κ2) is 6.30. The highest BCUT2D eigenvalue weighted by Crippen LogP contribution is 2.26. The van der Waals surface area contributed by atoms with E-state index in [2.05, 4.69) is 6.92 Å². The van der Waals surface area contributed by atoms with E-state index >= 15 is 0 Å². The fourth-order valence-electron chi connectivity index (χ4n) is 2.47. The molecule has 0 amide bonds. The van der Waals surface area contributed by atoms with Gasteiger partial charge < -0.3 is 10.5 Å². The number of nitrogens with two attached hydrogens (primary N) is 1. The molecule has 1 fully saturated rings. The molecule has 0 spiro atoms. The standard InChI is InChI=1S/C15H22FNO/c1-11-2-5-14(6-3-11)18-10-13-8-12(9-17)4-7-15(13)16/h4,7-8,11,14H,2-3,5-6,9-10,17H2,1H3. The molecule has 2 rings (SSSR count). The molecule has 0 aliphatic heterocycles. The molecule has 0 saturated heterocycles. The molecular weight excluding hydrogens is 229 g/mol. The van der Waals surface area contributed by atoms with Crippen LogP contribution in [0.2, 0.25) is 0 Å². The first-order chi connectivity index (χ1) is 8.69. The Hall–Kier alpha value is -0.930. The molecule has 2 N–H and O–H groups in total. The fourth-order valence-corrected chi connectivity index (χ4v) is 2.47. The van der Waals surface area contributed by atoms with Crippen LogP contribution in [0.25, 0.3) is 0 Å². The number of halogens is 1. The van der Waals surface area contributed by atoms with Crippen LogP contribution in [-0.4, -0.2) is 6.10 Å². The SMILES string of the molecule is CC1CCC(OCc2cc(CN)ccc2F)CC1. The highest BCUT2D eigenvalue weighted by molar-refractivity contribution is 5.24. The number of hydrogen-bond donors (Lipinski definition) is 1. The van der Waals surface area contributed by atoms with E-state index in [4.69, 9.17) is 10.5 Å². The first-order valence-corrected chi connectivity index (χ1v) is 6.78. The molecule has 2 nitrogen and oxygen atoms in total. The lowest BCUT2D eigenvalue weighted by Crippen LogP contribution is -2.20. The van der Waals surface area contributed by atoms with Crippen LogP contribution in [0.4, 0.5) is 4.39 Å². The van der Waals surface area contributed by atoms with E-state index in [-0.39, 0.29) is 5.82 Å². The van der Waals surface area contributed by atoms with Gasteiger partial charge in [-0.3, -0.25) is 0 Å². The third kappa shape index (κ3) is 3.53. The summed E-state index contributed by atoms with van der Waals surface area (Å²) >= 11 is 0. The molecule has 0 aromatic heterocycles. The first-order valence-electron chi connectivity index (χ1n) is 6.78. The topological polar surface area (TPSA) is 35.2 Å². The van der Waals surface area contributed by atoms with Gasteiger partial charge in [0.15, 0.2) is 0 Å². The molecule has 100 valence electrons. The molecule has 0 atom stereocenters. The average molecular weight is 251 g/mol. The second-order valence-corrected chi connectivity index (χ2v) is 5.32. The van der Waals surface area contributed by atoms with Gasteiger partial charge in [-0.15, -0.1) is 0 Å². The van der Waals surface area contributed by atoms with Crippen molar-refractivity contribution in [2.75, 3.05) is 0 Å². The van der Waals surface area contributed by atoms with E-state index in [1.54, 1.807) is 12.1 Å². The number of ether oxygens (including phenoxy) is 1. The quantitative estimate of drug-likeness (QED) is 0.890. The van der Waals surface area contributed by atoms with E-state index in [9.17, 15) is 4.39 Å². The summed E-state index contributed by atoms with van der Waals surface area (Å²) in [5.41, 5.74) is 7.13. The van der Waals surface area contributed by atoms with Crippen molar-refractivity contribution >= 4 is 0 Å². The molecule has 0 bridgehead atoms. The van der Waals surface area contributed by atoms with Crippen LogP contribution >= 0.6 is 0 Å². The molecule has 18 heavy (non-hydrogen) atoms. The predicted molar refractivity (Wildman–Crippen MR) is 70.5 cm³/mol. The number of hydrogen-bond acceptors (Lipinski definition) is 2. The Kier molecular flexibility index (Phi) is 4.72. The van der Waals surface area contributed by atoms with Crippen molar-refractivity contribution in [2.45, 2.75) is 51.9 Å². The van der Waals surface area contributed by atoms with Crippen LogP contribution in [0.15, 0.2) is 18.2 Å². The minimum Gasteiger partial charge on any atom is -0.373 e. The van der Waals surface area contributed by atoms with Gasteiger partial charge in [-0.1, -0.05) is 13.0 Å². The summed E-state index contributed by atoms with van der Waals surface area (Å²) in [5, 5.41) is 0. The average Bonchev–Trinajstić information content (AvgIpc) is 2.40. The molecule has 0 unspecified atom stereocenters. The Morgan fingerprint density at radius 2 is 2.00 bits per heavy atom. The van der Waals surface area contributed by atoms with Gasteiger partial charge in [-0.25, -0.2) is 4.39 Å². The Morgan fingerprint density at radius 1 is 1.28 bits per heavy atom. The van der Waals surface area contributed by atoms with Crippen molar-refractivity contribution in [2.24, 2.45) is 11.7 Å². The van der Waals surface area contributed by atoms with E-state index in [0.717, 1.165) is 24.3 Å². The fraction of sp³-hybridized carbons (Fsp3) is 0.600. The van der Waals surface area contributed by atoms with Crippen molar-refractivity contribution in [3.8, 4) is 0 Å². The molecule has 1 aromatic carbocycles. The minimum absolute atomic E-state index is 0.198. The zero-order valence-electron chi connectivity index (χ0n) is 11.0. The van der Waals surface area contributed by atoms with E-state index < -0.39 is 0 Å². The van der Waals surface area contributed by atoms with Crippen molar-refractivity contribution in [1.82, 2.24) is 0 Å². The summed E-state index contributed by atoms with van der Waals surface area (Å²) in [4.78, 5) is 0. The van der Waals surface area contributed by atoms with Gasteiger partial charge in [-0.2, -0.15) is 0 Å². The monoisotopic (exact) mass is 251 g/mol. The Bertz CT molecular complexity index is 386. The lowest BCUT2D eigenvalue weighted by atomic mass is 9.89. The molecular formula is C15H22FNO. The van der Waals surface area contributed by atoms with Crippen molar-refractivity contribution < 1.29 is 9.13 Å². The van der Waals surface area contributed by atoms with E-state index in [0.29, 0.717) is 24.8 Å². The third-order valence-electron chi connectivity index (χ3n) is 3.78. The first kappa shape index (κ1) is 13.5. The van der Waals surface area contributed by atoms with Gasteiger partial charge in [0.05, 0.1) is 12.7 Å². The van der Waals surface area contributed by atoms with Gasteiger partial charge in [0.25, 0.3) is 0 Å². The lowest BCUT2D eigenvalue weighted by Gasteiger charge is -2.26. The van der Waals surface area contributed by atoms with E-state index in [1.165, 1.54) is 18.9 Å². The van der Waals surface area contributed by atoms with Crippen molar-refractivity contribution in [3.05, 3.63) is 35.1 Å². The molecule has 3 heteroatoms. The number of rotatable bonds is 4. The largest absolute Gasteiger partial charge is 0.373 e. The highest BCUT2D eigenvalue weighted by atomic mass is 19.1. The predicted octanol–water partition coefficient (Wildman–Crippen LogP) is 3.38. The molecule has 1 aromatic rings. The minimum atomic E-state index is -0.198. The van der Waals surface area contributed by atoms with Crippen molar-refractivity contribution in [3.63, 3.8) is 0 Å². The zero-order valence-corrected chi connectivity index (χ0v) is 11.0. The maximum absolute atomic E-state index is 13.6. The van der Waals surface area contributed by atoms with Gasteiger partial charge in [-0.05, 0) is 49.3 Å². The summed E-state index contributed by atoms with van der Waals surface area (Å²) < 4.78 is 19.4. The van der Waals surface area contributed by atoms with E-state index in [1.807, 2.05) is 0 Å². The normalized spacial score (nSPS) is 24.2. The second-order valence-electron chi connectivity index (χ2n) is 5.32. The maximum atomic E-state index is 13.6. The maximum Gasteiger partial charge on any atom is 0.128 e. The summed E-state index contributed by atoms with van der Waals surface area (Å²) in [5.74, 6) is 0.610. The van der Waals surface area contributed by atoms with Crippen LogP contribution in [0.1, 0.15) is 43.7 Å². The van der Waals surface area contributed by atoms with Gasteiger partial charge >= 0.3 is 0 Å². The Morgan fingerprint density at radius 3 is 2.67 bits per heavy atom. The van der Waals surface area contributed by atoms with Crippen LogP contribution in [0.3, 0.4) is 0 Å². The van der Waals surface area contributed by atoms with Gasteiger partial charge in [0.1, 0.15) is 5.82 Å². The van der Waals surface area contributed by atoms with Crippen LogP contribution in [0, 0.1) is 11.7 Å². The summed E-state index contributed by atoms with van der Waals surface area (Å²) in [6.07, 6.45) is 4.92. The highest BCUT2D eigenvalue weighted by Gasteiger charge is 2.19. The molecule has 1 aliphatic carbocycles. The Balaban J connectivity index is 1.89. The lowest BCUT2D eigenvalue weighted by molar-refractivity contribution is 0.00757.